The first-order chi connectivity index (χ1) is 16.8. The minimum absolute atomic E-state index is 0.181. The average Bonchev–Trinajstić information content (AvgIpc) is 2.84. The van der Waals surface area contributed by atoms with E-state index in [1.807, 2.05) is 69.3 Å². The molecule has 3 aromatic carbocycles. The average molecular weight is 513 g/mol. The van der Waals surface area contributed by atoms with Crippen molar-refractivity contribution in [3.05, 3.63) is 99.0 Å². The summed E-state index contributed by atoms with van der Waals surface area (Å²) in [5, 5.41) is 3.69. The van der Waals surface area contributed by atoms with Crippen LogP contribution < -0.4 is 10.1 Å². The molecule has 0 aromatic heterocycles. The summed E-state index contributed by atoms with van der Waals surface area (Å²) < 4.78 is 5.91. The normalized spacial score (nSPS) is 11.6. The smallest absolute Gasteiger partial charge is 0.261 e. The van der Waals surface area contributed by atoms with E-state index in [9.17, 15) is 9.59 Å². The Morgan fingerprint density at radius 1 is 0.943 bits per heavy atom. The molecule has 1 N–H and O–H groups in total. The highest BCUT2D eigenvalue weighted by molar-refractivity contribution is 6.42. The van der Waals surface area contributed by atoms with E-state index in [-0.39, 0.29) is 25.0 Å². The van der Waals surface area contributed by atoms with E-state index in [0.717, 1.165) is 22.3 Å². The zero-order valence-electron chi connectivity index (χ0n) is 20.2. The molecular weight excluding hydrogens is 483 g/mol. The van der Waals surface area contributed by atoms with Crippen molar-refractivity contribution in [2.24, 2.45) is 0 Å². The highest BCUT2D eigenvalue weighted by Gasteiger charge is 2.30. The van der Waals surface area contributed by atoms with Gasteiger partial charge in [0.1, 0.15) is 11.8 Å². The molecule has 3 aromatic rings. The summed E-state index contributed by atoms with van der Waals surface area (Å²) in [6.07, 6.45) is 0.364. The van der Waals surface area contributed by atoms with Crippen LogP contribution in [0.5, 0.6) is 5.75 Å². The molecule has 0 saturated carbocycles. The van der Waals surface area contributed by atoms with E-state index in [0.29, 0.717) is 28.8 Å². The second kappa shape index (κ2) is 12.6. The lowest BCUT2D eigenvalue weighted by molar-refractivity contribution is -0.142. The Kier molecular flexibility index (Phi) is 9.58. The summed E-state index contributed by atoms with van der Waals surface area (Å²) in [5.41, 5.74) is 3.69. The molecule has 2 amide bonds. The Morgan fingerprint density at radius 2 is 1.69 bits per heavy atom. The van der Waals surface area contributed by atoms with Crippen LogP contribution in [0.1, 0.15) is 29.2 Å². The van der Waals surface area contributed by atoms with Gasteiger partial charge in [0, 0.05) is 19.5 Å². The molecular formula is C28H30Cl2N2O3. The van der Waals surface area contributed by atoms with E-state index in [1.54, 1.807) is 23.1 Å². The summed E-state index contributed by atoms with van der Waals surface area (Å²) in [6, 6.07) is 20.0. The van der Waals surface area contributed by atoms with Gasteiger partial charge in [0.25, 0.3) is 5.91 Å². The maximum atomic E-state index is 13.6. The van der Waals surface area contributed by atoms with E-state index < -0.39 is 6.04 Å². The number of nitrogens with one attached hydrogen (secondary N) is 1. The predicted molar refractivity (Wildman–Crippen MR) is 141 cm³/mol. The maximum Gasteiger partial charge on any atom is 0.261 e. The molecule has 1 atom stereocenters. The van der Waals surface area contributed by atoms with Crippen molar-refractivity contribution in [1.82, 2.24) is 10.2 Å². The van der Waals surface area contributed by atoms with Gasteiger partial charge in [0.05, 0.1) is 10.0 Å². The van der Waals surface area contributed by atoms with E-state index in [1.165, 1.54) is 0 Å². The number of amides is 2. The summed E-state index contributed by atoms with van der Waals surface area (Å²) in [4.78, 5) is 28.3. The molecule has 7 heteroatoms. The lowest BCUT2D eigenvalue weighted by Crippen LogP contribution is -2.51. The Balaban J connectivity index is 1.92. The van der Waals surface area contributed by atoms with Crippen LogP contribution in [-0.4, -0.2) is 35.9 Å². The first-order valence-corrected chi connectivity index (χ1v) is 12.3. The van der Waals surface area contributed by atoms with Crippen LogP contribution in [0.2, 0.25) is 10.0 Å². The molecule has 0 aliphatic rings. The Labute approximate surface area is 217 Å². The summed E-state index contributed by atoms with van der Waals surface area (Å²) >= 11 is 12.3. The van der Waals surface area contributed by atoms with Crippen LogP contribution in [0, 0.1) is 13.8 Å². The molecule has 1 unspecified atom stereocenters. The van der Waals surface area contributed by atoms with Crippen LogP contribution in [0.4, 0.5) is 0 Å². The number of nitrogens with zero attached hydrogens (tertiary/aromatic N) is 1. The monoisotopic (exact) mass is 512 g/mol. The maximum absolute atomic E-state index is 13.6. The number of carbonyl (C=O) groups excluding carboxylic acids is 2. The highest BCUT2D eigenvalue weighted by Crippen LogP contribution is 2.25. The molecule has 3 rings (SSSR count). The number of carbonyl (C=O) groups is 2. The van der Waals surface area contributed by atoms with Gasteiger partial charge < -0.3 is 15.0 Å². The van der Waals surface area contributed by atoms with Crippen molar-refractivity contribution in [2.45, 2.75) is 39.8 Å². The molecule has 0 spiro atoms. The van der Waals surface area contributed by atoms with Gasteiger partial charge in [0.15, 0.2) is 6.61 Å². The number of benzene rings is 3. The van der Waals surface area contributed by atoms with E-state index in [4.69, 9.17) is 27.9 Å². The predicted octanol–water partition coefficient (Wildman–Crippen LogP) is 5.77. The fourth-order valence-electron chi connectivity index (χ4n) is 3.77. The Hall–Kier alpha value is -3.02. The zero-order chi connectivity index (χ0) is 25.4. The van der Waals surface area contributed by atoms with Gasteiger partial charge in [0.2, 0.25) is 5.91 Å². The number of ether oxygens (including phenoxy) is 1. The second-order valence-electron chi connectivity index (χ2n) is 8.43. The summed E-state index contributed by atoms with van der Waals surface area (Å²) in [6.45, 7) is 6.19. The second-order valence-corrected chi connectivity index (χ2v) is 9.24. The van der Waals surface area contributed by atoms with Gasteiger partial charge in [-0.05, 0) is 61.2 Å². The molecule has 0 aliphatic carbocycles. The Morgan fingerprint density at radius 3 is 2.37 bits per heavy atom. The number of aryl methyl sites for hydroxylation is 2. The van der Waals surface area contributed by atoms with Crippen molar-refractivity contribution in [3.63, 3.8) is 0 Å². The van der Waals surface area contributed by atoms with Crippen molar-refractivity contribution in [1.29, 1.82) is 0 Å². The molecule has 184 valence electrons. The topological polar surface area (TPSA) is 58.6 Å². The third-order valence-electron chi connectivity index (χ3n) is 5.65. The summed E-state index contributed by atoms with van der Waals surface area (Å²) in [7, 11) is 0. The lowest BCUT2D eigenvalue weighted by atomic mass is 10.0. The van der Waals surface area contributed by atoms with Crippen molar-refractivity contribution >= 4 is 35.0 Å². The SMILES string of the molecule is CCNC(=O)C(Cc1ccccc1)N(Cc1ccc(Cl)c(Cl)c1)C(=O)COc1cc(C)ccc1C. The third-order valence-corrected chi connectivity index (χ3v) is 6.39. The molecule has 0 fully saturated rings. The fraction of sp³-hybridized carbons (Fsp3) is 0.286. The Bertz CT molecular complexity index is 1170. The van der Waals surface area contributed by atoms with Crippen LogP contribution in [0.3, 0.4) is 0 Å². The van der Waals surface area contributed by atoms with Gasteiger partial charge in [-0.15, -0.1) is 0 Å². The lowest BCUT2D eigenvalue weighted by Gasteiger charge is -2.31. The van der Waals surface area contributed by atoms with Gasteiger partial charge in [-0.3, -0.25) is 9.59 Å². The van der Waals surface area contributed by atoms with Gasteiger partial charge >= 0.3 is 0 Å². The minimum Gasteiger partial charge on any atom is -0.483 e. The molecule has 0 saturated heterocycles. The van der Waals surface area contributed by atoms with Crippen LogP contribution in [-0.2, 0) is 22.6 Å². The van der Waals surface area contributed by atoms with Crippen LogP contribution in [0.15, 0.2) is 66.7 Å². The number of likely N-dealkylation sites (N-methyl/N-ethyl adjacent to an activating group) is 1. The quantitative estimate of drug-likeness (QED) is 0.375. The summed E-state index contributed by atoms with van der Waals surface area (Å²) in [5.74, 6) is 0.117. The first kappa shape index (κ1) is 26.6. The van der Waals surface area contributed by atoms with Gasteiger partial charge in [-0.2, -0.15) is 0 Å². The number of hydrogen-bond acceptors (Lipinski definition) is 3. The molecule has 0 bridgehead atoms. The third kappa shape index (κ3) is 7.48. The zero-order valence-corrected chi connectivity index (χ0v) is 21.7. The first-order valence-electron chi connectivity index (χ1n) is 11.5. The molecule has 0 radical (unpaired) electrons. The number of halogens is 2. The van der Waals surface area contributed by atoms with Crippen molar-refractivity contribution < 1.29 is 14.3 Å². The van der Waals surface area contributed by atoms with E-state index in [2.05, 4.69) is 5.32 Å². The van der Waals surface area contributed by atoms with Crippen LogP contribution in [0.25, 0.3) is 0 Å². The molecule has 35 heavy (non-hydrogen) atoms. The van der Waals surface area contributed by atoms with E-state index >= 15 is 0 Å². The standard InChI is InChI=1S/C28H30Cl2N2O3/c1-4-31-28(34)25(16-21-8-6-5-7-9-21)32(17-22-12-13-23(29)24(30)15-22)27(33)18-35-26-14-19(2)10-11-20(26)3/h5-15,25H,4,16-18H2,1-3H3,(H,31,34). The van der Waals surface area contributed by atoms with Crippen molar-refractivity contribution in [2.75, 3.05) is 13.2 Å². The largest absolute Gasteiger partial charge is 0.483 e. The van der Waals surface area contributed by atoms with Gasteiger partial charge in [-0.1, -0.05) is 71.7 Å². The van der Waals surface area contributed by atoms with Crippen LogP contribution >= 0.6 is 23.2 Å². The molecule has 0 heterocycles. The highest BCUT2D eigenvalue weighted by atomic mass is 35.5. The molecule has 0 aliphatic heterocycles. The minimum atomic E-state index is -0.735. The van der Waals surface area contributed by atoms with Crippen molar-refractivity contribution in [3.8, 4) is 5.75 Å². The fourth-order valence-corrected chi connectivity index (χ4v) is 4.09. The molecule has 5 nitrogen and oxygen atoms in total. The number of hydrogen-bond donors (Lipinski definition) is 1. The number of rotatable bonds is 10. The van der Waals surface area contributed by atoms with Gasteiger partial charge in [-0.25, -0.2) is 0 Å².